The zero-order valence-corrected chi connectivity index (χ0v) is 12.9. The Hall–Kier alpha value is -2.85. The number of hydrogen-bond donors (Lipinski definition) is 2. The molecule has 0 saturated carbocycles. The summed E-state index contributed by atoms with van der Waals surface area (Å²) in [7, 11) is 0. The quantitative estimate of drug-likeness (QED) is 0.729. The number of pyridine rings is 1. The van der Waals surface area contributed by atoms with Crippen LogP contribution in [-0.4, -0.2) is 10.9 Å². The second-order valence-electron chi connectivity index (χ2n) is 4.86. The lowest BCUT2D eigenvalue weighted by molar-refractivity contribution is 0.102. The predicted octanol–water partition coefficient (Wildman–Crippen LogP) is 4.73. The highest BCUT2D eigenvalue weighted by Gasteiger charge is 2.10. The van der Waals surface area contributed by atoms with Crippen molar-refractivity contribution < 1.29 is 4.79 Å². The number of amides is 1. The summed E-state index contributed by atoms with van der Waals surface area (Å²) < 4.78 is 0. The summed E-state index contributed by atoms with van der Waals surface area (Å²) in [5.74, 6) is 0.181. The van der Waals surface area contributed by atoms with E-state index in [-0.39, 0.29) is 5.91 Å². The van der Waals surface area contributed by atoms with Crippen molar-refractivity contribution in [2.75, 3.05) is 10.6 Å². The van der Waals surface area contributed by atoms with Gasteiger partial charge in [0.25, 0.3) is 5.91 Å². The lowest BCUT2D eigenvalue weighted by atomic mass is 10.2. The molecule has 5 heteroatoms. The van der Waals surface area contributed by atoms with Gasteiger partial charge in [0.1, 0.15) is 5.82 Å². The largest absolute Gasteiger partial charge is 0.354 e. The average Bonchev–Trinajstić information content (AvgIpc) is 2.58. The number of nitrogens with one attached hydrogen (secondary N) is 2. The molecule has 0 aliphatic carbocycles. The van der Waals surface area contributed by atoms with Crippen molar-refractivity contribution in [2.45, 2.75) is 0 Å². The summed E-state index contributed by atoms with van der Waals surface area (Å²) in [6, 6.07) is 20.3. The number of para-hydroxylation sites is 1. The first kappa shape index (κ1) is 15.1. The molecule has 0 spiro atoms. The van der Waals surface area contributed by atoms with Gasteiger partial charge in [0.15, 0.2) is 0 Å². The molecule has 2 N–H and O–H groups in total. The van der Waals surface area contributed by atoms with Crippen molar-refractivity contribution in [1.82, 2.24) is 4.98 Å². The number of anilines is 3. The van der Waals surface area contributed by atoms with Crippen molar-refractivity contribution in [3.63, 3.8) is 0 Å². The van der Waals surface area contributed by atoms with Crippen LogP contribution in [0.15, 0.2) is 72.9 Å². The first-order valence-electron chi connectivity index (χ1n) is 7.06. The van der Waals surface area contributed by atoms with Gasteiger partial charge in [-0.15, -0.1) is 0 Å². The highest BCUT2D eigenvalue weighted by Crippen LogP contribution is 2.19. The topological polar surface area (TPSA) is 54.0 Å². The lowest BCUT2D eigenvalue weighted by Gasteiger charge is -2.08. The number of rotatable bonds is 4. The Labute approximate surface area is 139 Å². The maximum Gasteiger partial charge on any atom is 0.258 e. The first-order chi connectivity index (χ1) is 11.2. The number of halogens is 1. The van der Waals surface area contributed by atoms with Gasteiger partial charge in [-0.1, -0.05) is 41.9 Å². The van der Waals surface area contributed by atoms with E-state index in [1.807, 2.05) is 36.4 Å². The molecule has 0 saturated heterocycles. The molecule has 1 amide bonds. The van der Waals surface area contributed by atoms with Crippen LogP contribution in [-0.2, 0) is 0 Å². The van der Waals surface area contributed by atoms with Crippen LogP contribution in [0.4, 0.5) is 17.2 Å². The zero-order valence-electron chi connectivity index (χ0n) is 12.2. The molecule has 0 fully saturated rings. The highest BCUT2D eigenvalue weighted by atomic mass is 35.5. The van der Waals surface area contributed by atoms with Gasteiger partial charge in [0.2, 0.25) is 0 Å². The monoisotopic (exact) mass is 323 g/mol. The van der Waals surface area contributed by atoms with Crippen LogP contribution in [0, 0.1) is 0 Å². The molecule has 0 aliphatic heterocycles. The normalized spacial score (nSPS) is 10.1. The molecule has 1 heterocycles. The minimum absolute atomic E-state index is 0.285. The Balaban J connectivity index is 1.68. The molecule has 2 aromatic carbocycles. The molecular formula is C18H14ClN3O. The van der Waals surface area contributed by atoms with Crippen LogP contribution < -0.4 is 10.6 Å². The van der Waals surface area contributed by atoms with Crippen LogP contribution in [0.1, 0.15) is 10.4 Å². The first-order valence-corrected chi connectivity index (χ1v) is 7.44. The van der Waals surface area contributed by atoms with Crippen LogP contribution in [0.25, 0.3) is 0 Å². The lowest BCUT2D eigenvalue weighted by Crippen LogP contribution is -2.13. The van der Waals surface area contributed by atoms with Crippen molar-refractivity contribution in [1.29, 1.82) is 0 Å². The Morgan fingerprint density at radius 2 is 1.61 bits per heavy atom. The predicted molar refractivity (Wildman–Crippen MR) is 93.4 cm³/mol. The van der Waals surface area contributed by atoms with Gasteiger partial charge in [-0.25, -0.2) is 4.98 Å². The van der Waals surface area contributed by atoms with E-state index in [1.54, 1.807) is 36.5 Å². The Bertz CT molecular complexity index is 804. The summed E-state index contributed by atoms with van der Waals surface area (Å²) in [5.41, 5.74) is 2.23. The minimum Gasteiger partial charge on any atom is -0.354 e. The van der Waals surface area contributed by atoms with Gasteiger partial charge in [0, 0.05) is 5.69 Å². The van der Waals surface area contributed by atoms with Gasteiger partial charge in [-0.2, -0.15) is 0 Å². The van der Waals surface area contributed by atoms with E-state index in [0.29, 0.717) is 16.4 Å². The molecule has 3 rings (SSSR count). The van der Waals surface area contributed by atoms with Crippen LogP contribution in [0.3, 0.4) is 0 Å². The molecule has 0 atom stereocenters. The number of nitrogens with zero attached hydrogens (tertiary/aromatic N) is 1. The molecule has 0 aliphatic rings. The van der Waals surface area contributed by atoms with Crippen LogP contribution >= 0.6 is 11.6 Å². The van der Waals surface area contributed by atoms with E-state index in [4.69, 9.17) is 11.6 Å². The third-order valence-electron chi connectivity index (χ3n) is 3.19. The molecule has 4 nitrogen and oxygen atoms in total. The summed E-state index contributed by atoms with van der Waals surface area (Å²) in [6.45, 7) is 0. The number of benzene rings is 2. The number of aromatic nitrogens is 1. The van der Waals surface area contributed by atoms with Crippen molar-refractivity contribution in [3.8, 4) is 0 Å². The van der Waals surface area contributed by atoms with Gasteiger partial charge < -0.3 is 10.6 Å². The number of carbonyl (C=O) groups excluding carboxylic acids is 1. The molecule has 23 heavy (non-hydrogen) atoms. The van der Waals surface area contributed by atoms with Crippen molar-refractivity contribution in [2.24, 2.45) is 0 Å². The van der Waals surface area contributed by atoms with Crippen molar-refractivity contribution in [3.05, 3.63) is 83.5 Å². The van der Waals surface area contributed by atoms with Gasteiger partial charge in [-0.3, -0.25) is 4.79 Å². The molecule has 0 bridgehead atoms. The van der Waals surface area contributed by atoms with Gasteiger partial charge in [0.05, 0.1) is 22.5 Å². The highest BCUT2D eigenvalue weighted by molar-refractivity contribution is 6.34. The fourth-order valence-corrected chi connectivity index (χ4v) is 2.28. The molecule has 1 aromatic heterocycles. The van der Waals surface area contributed by atoms with E-state index < -0.39 is 0 Å². The zero-order chi connectivity index (χ0) is 16.1. The summed E-state index contributed by atoms with van der Waals surface area (Å²) in [6.07, 6.45) is 1.66. The summed E-state index contributed by atoms with van der Waals surface area (Å²) >= 11 is 6.01. The van der Waals surface area contributed by atoms with Crippen molar-refractivity contribution >= 4 is 34.7 Å². The number of hydrogen-bond acceptors (Lipinski definition) is 3. The molecule has 0 unspecified atom stereocenters. The molecule has 114 valence electrons. The standard InChI is InChI=1S/C18H14ClN3O/c19-16-9-5-4-8-15(16)18(23)22-17-11-10-14(12-20-17)21-13-6-2-1-3-7-13/h1-12,21H,(H,20,22,23). The van der Waals surface area contributed by atoms with E-state index in [2.05, 4.69) is 15.6 Å². The summed E-state index contributed by atoms with van der Waals surface area (Å²) in [4.78, 5) is 16.4. The third-order valence-corrected chi connectivity index (χ3v) is 3.52. The molecule has 3 aromatic rings. The summed E-state index contributed by atoms with van der Waals surface area (Å²) in [5, 5.41) is 6.37. The minimum atomic E-state index is -0.285. The van der Waals surface area contributed by atoms with E-state index >= 15 is 0 Å². The van der Waals surface area contributed by atoms with E-state index in [0.717, 1.165) is 11.4 Å². The van der Waals surface area contributed by atoms with E-state index in [1.165, 1.54) is 0 Å². The Morgan fingerprint density at radius 3 is 2.30 bits per heavy atom. The maximum atomic E-state index is 12.2. The Morgan fingerprint density at radius 1 is 0.870 bits per heavy atom. The van der Waals surface area contributed by atoms with Gasteiger partial charge in [-0.05, 0) is 36.4 Å². The van der Waals surface area contributed by atoms with E-state index in [9.17, 15) is 4.79 Å². The fraction of sp³-hybridized carbons (Fsp3) is 0. The second kappa shape index (κ2) is 6.94. The van der Waals surface area contributed by atoms with Gasteiger partial charge >= 0.3 is 0 Å². The third kappa shape index (κ3) is 3.87. The Kier molecular flexibility index (Phi) is 4.54. The molecule has 0 radical (unpaired) electrons. The number of carbonyl (C=O) groups is 1. The smallest absolute Gasteiger partial charge is 0.258 e. The maximum absolute atomic E-state index is 12.2. The van der Waals surface area contributed by atoms with Crippen LogP contribution in [0.2, 0.25) is 5.02 Å². The SMILES string of the molecule is O=C(Nc1ccc(Nc2ccccc2)cn1)c1ccccc1Cl. The fourth-order valence-electron chi connectivity index (χ4n) is 2.06. The second-order valence-corrected chi connectivity index (χ2v) is 5.26. The van der Waals surface area contributed by atoms with Crippen LogP contribution in [0.5, 0.6) is 0 Å². The average molecular weight is 324 g/mol. The molecular weight excluding hydrogens is 310 g/mol.